The van der Waals surface area contributed by atoms with Crippen LogP contribution in [0.5, 0.6) is 0 Å². The highest BCUT2D eigenvalue weighted by Gasteiger charge is 2.20. The first-order valence-electron chi connectivity index (χ1n) is 5.08. The van der Waals surface area contributed by atoms with Crippen LogP contribution in [0.25, 0.3) is 0 Å². The topological polar surface area (TPSA) is 111 Å². The Labute approximate surface area is 114 Å². The first-order chi connectivity index (χ1) is 8.88. The predicted molar refractivity (Wildman–Crippen MR) is 66.1 cm³/mol. The molecule has 0 radical (unpaired) electrons. The number of halogens is 1. The standard InChI is InChI=1S/C10H8BrN3O5/c1-5-2-6(19-8(5)10(15)16)3-13-4-7(11)9(12-13)14(17)18/h2,4H,3H2,1H3,(H,15,16). The molecule has 19 heavy (non-hydrogen) atoms. The molecule has 0 aliphatic rings. The summed E-state index contributed by atoms with van der Waals surface area (Å²) in [5, 5.41) is 23.2. The van der Waals surface area contributed by atoms with Crippen molar-refractivity contribution in [3.63, 3.8) is 0 Å². The van der Waals surface area contributed by atoms with Crippen molar-refractivity contribution in [2.45, 2.75) is 13.5 Å². The smallest absolute Gasteiger partial charge is 0.404 e. The van der Waals surface area contributed by atoms with E-state index in [4.69, 9.17) is 9.52 Å². The van der Waals surface area contributed by atoms with Crippen LogP contribution in [0.4, 0.5) is 5.82 Å². The molecule has 0 aromatic carbocycles. The number of carboxylic acids is 1. The Morgan fingerprint density at radius 2 is 2.37 bits per heavy atom. The van der Waals surface area contributed by atoms with E-state index in [2.05, 4.69) is 21.0 Å². The van der Waals surface area contributed by atoms with Gasteiger partial charge in [0.25, 0.3) is 0 Å². The highest BCUT2D eigenvalue weighted by atomic mass is 79.9. The monoisotopic (exact) mass is 329 g/mol. The summed E-state index contributed by atoms with van der Waals surface area (Å²) in [6.45, 7) is 1.72. The third-order valence-corrected chi connectivity index (χ3v) is 2.91. The molecule has 0 saturated heterocycles. The van der Waals surface area contributed by atoms with Crippen molar-refractivity contribution in [1.82, 2.24) is 9.78 Å². The Balaban J connectivity index is 2.26. The number of aromatic nitrogens is 2. The zero-order chi connectivity index (χ0) is 14.2. The highest BCUT2D eigenvalue weighted by molar-refractivity contribution is 9.10. The Kier molecular flexibility index (Phi) is 3.38. The minimum atomic E-state index is -1.16. The van der Waals surface area contributed by atoms with Gasteiger partial charge in [-0.2, -0.15) is 4.68 Å². The SMILES string of the molecule is Cc1cc(Cn2cc(Br)c([N+](=O)[O-])n2)oc1C(=O)O. The van der Waals surface area contributed by atoms with Crippen molar-refractivity contribution in [1.29, 1.82) is 0 Å². The Bertz CT molecular complexity index is 604. The average Bonchev–Trinajstić information content (AvgIpc) is 2.82. The fourth-order valence-electron chi connectivity index (χ4n) is 1.59. The van der Waals surface area contributed by atoms with Crippen LogP contribution < -0.4 is 0 Å². The molecule has 1 N–H and O–H groups in total. The Hall–Kier alpha value is -2.16. The molecule has 2 aromatic heterocycles. The van der Waals surface area contributed by atoms with E-state index in [1.807, 2.05) is 0 Å². The number of aromatic carboxylic acids is 1. The molecular formula is C10H8BrN3O5. The van der Waals surface area contributed by atoms with E-state index in [0.717, 1.165) is 0 Å². The maximum atomic E-state index is 10.8. The molecule has 2 rings (SSSR count). The first-order valence-corrected chi connectivity index (χ1v) is 5.87. The molecule has 2 aromatic rings. The third kappa shape index (κ3) is 2.65. The van der Waals surface area contributed by atoms with E-state index in [-0.39, 0.29) is 22.6 Å². The third-order valence-electron chi connectivity index (χ3n) is 2.35. The minimum absolute atomic E-state index is 0.112. The van der Waals surface area contributed by atoms with Gasteiger partial charge in [0, 0.05) is 5.56 Å². The van der Waals surface area contributed by atoms with Crippen molar-refractivity contribution >= 4 is 27.7 Å². The molecule has 0 saturated carbocycles. The second-order valence-corrected chi connectivity index (χ2v) is 4.64. The Morgan fingerprint density at radius 3 is 2.84 bits per heavy atom. The lowest BCUT2D eigenvalue weighted by molar-refractivity contribution is -0.390. The van der Waals surface area contributed by atoms with Gasteiger partial charge >= 0.3 is 11.8 Å². The summed E-state index contributed by atoms with van der Waals surface area (Å²) in [6, 6.07) is 1.56. The van der Waals surface area contributed by atoms with Gasteiger partial charge in [-0.05, 0) is 33.8 Å². The summed E-state index contributed by atoms with van der Waals surface area (Å²) in [5.41, 5.74) is 0.489. The van der Waals surface area contributed by atoms with Gasteiger partial charge in [0.1, 0.15) is 16.8 Å². The molecule has 9 heteroatoms. The van der Waals surface area contributed by atoms with E-state index in [1.54, 1.807) is 13.0 Å². The number of nitrogens with zero attached hydrogens (tertiary/aromatic N) is 3. The quantitative estimate of drug-likeness (QED) is 0.679. The van der Waals surface area contributed by atoms with Gasteiger partial charge in [0.15, 0.2) is 0 Å². The van der Waals surface area contributed by atoms with Crippen LogP contribution in [0.1, 0.15) is 21.9 Å². The molecular weight excluding hydrogens is 322 g/mol. The lowest BCUT2D eigenvalue weighted by atomic mass is 10.2. The number of furan rings is 1. The number of hydrogen-bond donors (Lipinski definition) is 1. The molecule has 0 atom stereocenters. The number of aryl methyl sites for hydroxylation is 1. The van der Waals surface area contributed by atoms with Crippen LogP contribution in [0.2, 0.25) is 0 Å². The molecule has 0 fully saturated rings. The predicted octanol–water partition coefficient (Wildman–Crippen LogP) is 2.20. The van der Waals surface area contributed by atoms with Gasteiger partial charge in [-0.3, -0.25) is 0 Å². The molecule has 2 heterocycles. The lowest BCUT2D eigenvalue weighted by Gasteiger charge is -1.92. The summed E-state index contributed by atoms with van der Waals surface area (Å²) in [5.74, 6) is -1.24. The fraction of sp³-hybridized carbons (Fsp3) is 0.200. The number of rotatable bonds is 4. The van der Waals surface area contributed by atoms with E-state index < -0.39 is 10.9 Å². The van der Waals surface area contributed by atoms with Gasteiger partial charge in [-0.25, -0.2) is 4.79 Å². The molecule has 8 nitrogen and oxygen atoms in total. The van der Waals surface area contributed by atoms with Gasteiger partial charge in [-0.1, -0.05) is 0 Å². The lowest BCUT2D eigenvalue weighted by Crippen LogP contribution is -2.00. The second-order valence-electron chi connectivity index (χ2n) is 3.79. The van der Waals surface area contributed by atoms with E-state index in [9.17, 15) is 14.9 Å². The maximum Gasteiger partial charge on any atom is 0.404 e. The van der Waals surface area contributed by atoms with Crippen molar-refractivity contribution in [2.24, 2.45) is 0 Å². The minimum Gasteiger partial charge on any atom is -0.475 e. The highest BCUT2D eigenvalue weighted by Crippen LogP contribution is 2.23. The van der Waals surface area contributed by atoms with Crippen LogP contribution in [-0.2, 0) is 6.54 Å². The van der Waals surface area contributed by atoms with Crippen LogP contribution >= 0.6 is 15.9 Å². The second kappa shape index (κ2) is 4.84. The van der Waals surface area contributed by atoms with E-state index >= 15 is 0 Å². The summed E-state index contributed by atoms with van der Waals surface area (Å²) < 4.78 is 6.69. The number of carbonyl (C=O) groups is 1. The summed E-state index contributed by atoms with van der Waals surface area (Å²) in [6.07, 6.45) is 1.43. The first kappa shape index (κ1) is 13.3. The molecule has 0 amide bonds. The van der Waals surface area contributed by atoms with Crippen LogP contribution in [0, 0.1) is 17.0 Å². The van der Waals surface area contributed by atoms with Gasteiger partial charge in [-0.15, -0.1) is 0 Å². The molecule has 100 valence electrons. The van der Waals surface area contributed by atoms with Crippen molar-refractivity contribution in [3.8, 4) is 0 Å². The van der Waals surface area contributed by atoms with Crippen molar-refractivity contribution in [2.75, 3.05) is 0 Å². The van der Waals surface area contributed by atoms with Gasteiger partial charge in [0.2, 0.25) is 5.76 Å². The van der Waals surface area contributed by atoms with Gasteiger partial charge in [0.05, 0.1) is 11.3 Å². The summed E-state index contributed by atoms with van der Waals surface area (Å²) in [7, 11) is 0. The Morgan fingerprint density at radius 1 is 1.68 bits per heavy atom. The van der Waals surface area contributed by atoms with Crippen LogP contribution in [0.3, 0.4) is 0 Å². The summed E-state index contributed by atoms with van der Waals surface area (Å²) >= 11 is 3.02. The van der Waals surface area contributed by atoms with Gasteiger partial charge < -0.3 is 19.6 Å². The largest absolute Gasteiger partial charge is 0.475 e. The molecule has 0 aliphatic heterocycles. The summed E-state index contributed by atoms with van der Waals surface area (Å²) in [4.78, 5) is 20.8. The van der Waals surface area contributed by atoms with Crippen LogP contribution in [0.15, 0.2) is 21.2 Å². The fourth-order valence-corrected chi connectivity index (χ4v) is 2.05. The van der Waals surface area contributed by atoms with Crippen molar-refractivity contribution < 1.29 is 19.2 Å². The molecule has 0 bridgehead atoms. The average molecular weight is 330 g/mol. The number of nitro groups is 1. The number of hydrogen-bond acceptors (Lipinski definition) is 5. The van der Waals surface area contributed by atoms with E-state index in [0.29, 0.717) is 11.3 Å². The van der Waals surface area contributed by atoms with Crippen molar-refractivity contribution in [3.05, 3.63) is 43.9 Å². The van der Waals surface area contributed by atoms with Crippen LogP contribution in [-0.4, -0.2) is 25.8 Å². The normalized spacial score (nSPS) is 10.6. The zero-order valence-corrected chi connectivity index (χ0v) is 11.2. The number of carboxylic acid groups (broad SMARTS) is 1. The molecule has 0 unspecified atom stereocenters. The zero-order valence-electron chi connectivity index (χ0n) is 9.66. The molecule has 0 aliphatic carbocycles. The maximum absolute atomic E-state index is 10.8. The molecule has 0 spiro atoms. The van der Waals surface area contributed by atoms with E-state index in [1.165, 1.54) is 10.9 Å².